The summed E-state index contributed by atoms with van der Waals surface area (Å²) in [6, 6.07) is 10.2. The molecule has 1 heterocycles. The van der Waals surface area contributed by atoms with Gasteiger partial charge in [-0.25, -0.2) is 4.98 Å². The molecule has 1 atom stereocenters. The molecule has 0 unspecified atom stereocenters. The fourth-order valence-corrected chi connectivity index (χ4v) is 3.23. The van der Waals surface area contributed by atoms with Crippen molar-refractivity contribution in [3.63, 3.8) is 0 Å². The van der Waals surface area contributed by atoms with Gasteiger partial charge in [0.2, 0.25) is 5.91 Å². The molecule has 0 saturated carbocycles. The zero-order valence-electron chi connectivity index (χ0n) is 13.5. The van der Waals surface area contributed by atoms with Crippen molar-refractivity contribution >= 4 is 17.2 Å². The second kappa shape index (κ2) is 9.43. The molecule has 124 valence electrons. The van der Waals surface area contributed by atoms with E-state index in [1.807, 2.05) is 23.6 Å². The summed E-state index contributed by atoms with van der Waals surface area (Å²) in [6.45, 7) is 2.86. The predicted octanol–water partition coefficient (Wildman–Crippen LogP) is 2.80. The molecule has 1 aromatic heterocycles. The van der Waals surface area contributed by atoms with Gasteiger partial charge in [0, 0.05) is 25.0 Å². The summed E-state index contributed by atoms with van der Waals surface area (Å²) in [4.78, 5) is 16.5. The van der Waals surface area contributed by atoms with Gasteiger partial charge in [-0.15, -0.1) is 11.3 Å². The second-order valence-corrected chi connectivity index (χ2v) is 6.61. The zero-order chi connectivity index (χ0) is 16.5. The molecule has 2 aromatic rings. The molecule has 0 aliphatic heterocycles. The minimum absolute atomic E-state index is 0.00190. The van der Waals surface area contributed by atoms with Gasteiger partial charge in [0.1, 0.15) is 0 Å². The molecule has 0 bridgehead atoms. The van der Waals surface area contributed by atoms with E-state index >= 15 is 0 Å². The van der Waals surface area contributed by atoms with Gasteiger partial charge < -0.3 is 10.4 Å². The first-order valence-corrected chi connectivity index (χ1v) is 8.94. The van der Waals surface area contributed by atoms with Gasteiger partial charge in [-0.05, 0) is 17.9 Å². The summed E-state index contributed by atoms with van der Waals surface area (Å²) in [5, 5.41) is 14.9. The average Bonchev–Trinajstić information content (AvgIpc) is 2.99. The van der Waals surface area contributed by atoms with E-state index in [9.17, 15) is 4.79 Å². The molecular formula is C18H24N2O2S. The molecule has 2 rings (SSSR count). The van der Waals surface area contributed by atoms with E-state index in [1.165, 1.54) is 5.56 Å². The summed E-state index contributed by atoms with van der Waals surface area (Å²) in [7, 11) is 0. The normalized spacial score (nSPS) is 12.1. The van der Waals surface area contributed by atoms with Crippen molar-refractivity contribution in [2.45, 2.75) is 32.6 Å². The molecule has 0 aliphatic carbocycles. The van der Waals surface area contributed by atoms with Crippen LogP contribution in [0.4, 0.5) is 0 Å². The third-order valence-corrected chi connectivity index (χ3v) is 4.74. The fourth-order valence-electron chi connectivity index (χ4n) is 2.40. The number of nitrogens with zero attached hydrogens (tertiary/aromatic N) is 1. The smallest absolute Gasteiger partial charge is 0.226 e. The van der Waals surface area contributed by atoms with Crippen molar-refractivity contribution in [1.29, 1.82) is 0 Å². The van der Waals surface area contributed by atoms with E-state index in [4.69, 9.17) is 5.11 Å². The van der Waals surface area contributed by atoms with Crippen LogP contribution in [0.5, 0.6) is 0 Å². The minimum Gasteiger partial charge on any atom is -0.396 e. The molecule has 2 N–H and O–H groups in total. The van der Waals surface area contributed by atoms with Crippen molar-refractivity contribution in [1.82, 2.24) is 10.3 Å². The Morgan fingerprint density at radius 1 is 1.35 bits per heavy atom. The number of rotatable bonds is 9. The summed E-state index contributed by atoms with van der Waals surface area (Å²) in [5.74, 6) is 0.339. The van der Waals surface area contributed by atoms with E-state index in [0.29, 0.717) is 18.9 Å². The summed E-state index contributed by atoms with van der Waals surface area (Å²) >= 11 is 1.60. The number of carbonyl (C=O) groups is 1. The number of carbonyl (C=O) groups excluding carboxylic acids is 1. The Bertz CT molecular complexity index is 598. The lowest BCUT2D eigenvalue weighted by molar-refractivity contribution is -0.120. The van der Waals surface area contributed by atoms with Crippen LogP contribution in [0.2, 0.25) is 0 Å². The molecule has 0 saturated heterocycles. The molecule has 23 heavy (non-hydrogen) atoms. The number of hydrogen-bond donors (Lipinski definition) is 2. The number of aromatic nitrogens is 1. The van der Waals surface area contributed by atoms with Crippen molar-refractivity contribution < 1.29 is 9.90 Å². The van der Waals surface area contributed by atoms with Gasteiger partial charge in [0.05, 0.1) is 17.1 Å². The van der Waals surface area contributed by atoms with Crippen LogP contribution >= 0.6 is 11.3 Å². The minimum atomic E-state index is -0.00190. The standard InChI is InChI=1S/C18H24N2O2S/c1-2-14(8-9-21)12-19-17(22)11-16-13-23-18(20-16)10-15-6-4-3-5-7-15/h3-7,13-14,21H,2,8-12H2,1H3,(H,19,22)/t14-/m1/s1. The monoisotopic (exact) mass is 332 g/mol. The van der Waals surface area contributed by atoms with Crippen LogP contribution in [0.1, 0.15) is 36.0 Å². The molecule has 5 heteroatoms. The average molecular weight is 332 g/mol. The first kappa shape index (κ1) is 17.6. The van der Waals surface area contributed by atoms with Crippen molar-refractivity contribution in [3.05, 3.63) is 52.0 Å². The lowest BCUT2D eigenvalue weighted by atomic mass is 10.0. The highest BCUT2D eigenvalue weighted by atomic mass is 32.1. The molecule has 0 aliphatic rings. The number of aliphatic hydroxyl groups excluding tert-OH is 1. The highest BCUT2D eigenvalue weighted by Crippen LogP contribution is 2.15. The molecule has 1 aromatic carbocycles. The van der Waals surface area contributed by atoms with Crippen LogP contribution in [-0.2, 0) is 17.6 Å². The zero-order valence-corrected chi connectivity index (χ0v) is 14.3. The first-order chi connectivity index (χ1) is 11.2. The number of benzene rings is 1. The van der Waals surface area contributed by atoms with Crippen LogP contribution < -0.4 is 5.32 Å². The third-order valence-electron chi connectivity index (χ3n) is 3.84. The second-order valence-electron chi connectivity index (χ2n) is 5.66. The quantitative estimate of drug-likeness (QED) is 0.742. The summed E-state index contributed by atoms with van der Waals surface area (Å²) in [5.41, 5.74) is 2.06. The number of nitrogens with one attached hydrogen (secondary N) is 1. The lowest BCUT2D eigenvalue weighted by Crippen LogP contribution is -2.30. The maximum absolute atomic E-state index is 12.0. The van der Waals surface area contributed by atoms with Crippen molar-refractivity contribution in [3.8, 4) is 0 Å². The molecular weight excluding hydrogens is 308 g/mol. The van der Waals surface area contributed by atoms with Crippen LogP contribution in [-0.4, -0.2) is 29.1 Å². The Morgan fingerprint density at radius 3 is 2.83 bits per heavy atom. The van der Waals surface area contributed by atoms with Gasteiger partial charge in [0.25, 0.3) is 0 Å². The number of thiazole rings is 1. The van der Waals surface area contributed by atoms with Gasteiger partial charge >= 0.3 is 0 Å². The Kier molecular flexibility index (Phi) is 7.23. The third kappa shape index (κ3) is 6.12. The first-order valence-electron chi connectivity index (χ1n) is 8.06. The Morgan fingerprint density at radius 2 is 2.13 bits per heavy atom. The van der Waals surface area contributed by atoms with Gasteiger partial charge in [0.15, 0.2) is 0 Å². The van der Waals surface area contributed by atoms with E-state index < -0.39 is 0 Å². The van der Waals surface area contributed by atoms with Crippen LogP contribution in [0.3, 0.4) is 0 Å². The fraction of sp³-hybridized carbons (Fsp3) is 0.444. The predicted molar refractivity (Wildman–Crippen MR) is 93.6 cm³/mol. The van der Waals surface area contributed by atoms with Gasteiger partial charge in [-0.3, -0.25) is 4.79 Å². The van der Waals surface area contributed by atoms with Gasteiger partial charge in [-0.1, -0.05) is 43.7 Å². The largest absolute Gasteiger partial charge is 0.396 e. The van der Waals surface area contributed by atoms with Crippen molar-refractivity contribution in [2.24, 2.45) is 5.92 Å². The number of aliphatic hydroxyl groups is 1. The molecule has 0 spiro atoms. The van der Waals surface area contributed by atoms with E-state index in [0.717, 1.165) is 30.0 Å². The summed E-state index contributed by atoms with van der Waals surface area (Å²) in [6.07, 6.45) is 2.82. The SMILES string of the molecule is CC[C@H](CCO)CNC(=O)Cc1csc(Cc2ccccc2)n1. The molecule has 0 fully saturated rings. The van der Waals surface area contributed by atoms with E-state index in [1.54, 1.807) is 11.3 Å². The number of amides is 1. The Hall–Kier alpha value is -1.72. The van der Waals surface area contributed by atoms with Crippen LogP contribution in [0.15, 0.2) is 35.7 Å². The molecule has 4 nitrogen and oxygen atoms in total. The molecule has 0 radical (unpaired) electrons. The van der Waals surface area contributed by atoms with Crippen molar-refractivity contribution in [2.75, 3.05) is 13.2 Å². The lowest BCUT2D eigenvalue weighted by Gasteiger charge is -2.13. The molecule has 1 amide bonds. The van der Waals surface area contributed by atoms with E-state index in [-0.39, 0.29) is 12.5 Å². The topological polar surface area (TPSA) is 62.2 Å². The Balaban J connectivity index is 1.80. The summed E-state index contributed by atoms with van der Waals surface area (Å²) < 4.78 is 0. The maximum atomic E-state index is 12.0. The highest BCUT2D eigenvalue weighted by Gasteiger charge is 2.11. The van der Waals surface area contributed by atoms with Gasteiger partial charge in [-0.2, -0.15) is 0 Å². The Labute approximate surface area is 141 Å². The van der Waals surface area contributed by atoms with Crippen LogP contribution in [0, 0.1) is 5.92 Å². The highest BCUT2D eigenvalue weighted by molar-refractivity contribution is 7.09. The van der Waals surface area contributed by atoms with Crippen LogP contribution in [0.25, 0.3) is 0 Å². The van der Waals surface area contributed by atoms with E-state index in [2.05, 4.69) is 29.4 Å². The maximum Gasteiger partial charge on any atom is 0.226 e. The number of hydrogen-bond acceptors (Lipinski definition) is 4.